The molecule has 1 fully saturated rings. The summed E-state index contributed by atoms with van der Waals surface area (Å²) in [4.78, 5) is 23.6. The molecule has 41 heavy (non-hydrogen) atoms. The minimum absolute atomic E-state index is 0.336. The maximum Gasteiger partial charge on any atom is 0.290 e. The lowest BCUT2D eigenvalue weighted by Gasteiger charge is -2.38. The lowest BCUT2D eigenvalue weighted by atomic mass is 9.84. The number of amides is 2. The van der Waals surface area contributed by atoms with E-state index in [0.29, 0.717) is 11.5 Å². The van der Waals surface area contributed by atoms with Crippen molar-refractivity contribution >= 4 is 29.0 Å². The summed E-state index contributed by atoms with van der Waals surface area (Å²) in [5.74, 6) is 1.44. The van der Waals surface area contributed by atoms with Crippen LogP contribution in [0.25, 0.3) is 6.08 Å². The van der Waals surface area contributed by atoms with Crippen LogP contribution in [0, 0.1) is 20.8 Å². The second kappa shape index (κ2) is 14.4. The lowest BCUT2D eigenvalue weighted by Crippen LogP contribution is -2.42. The van der Waals surface area contributed by atoms with Gasteiger partial charge in [-0.25, -0.2) is 0 Å². The van der Waals surface area contributed by atoms with Crippen LogP contribution < -0.4 is 20.1 Å². The quantitative estimate of drug-likeness (QED) is 0.178. The highest BCUT2D eigenvalue weighted by Crippen LogP contribution is 2.41. The van der Waals surface area contributed by atoms with E-state index in [2.05, 4.69) is 45.3 Å². The van der Waals surface area contributed by atoms with Crippen LogP contribution in [0.4, 0.5) is 4.79 Å². The first-order valence-electron chi connectivity index (χ1n) is 15.2. The number of fused-ring (bicyclic) bond motifs is 1. The summed E-state index contributed by atoms with van der Waals surface area (Å²) < 4.78 is 12.9. The molecule has 2 N–H and O–H groups in total. The predicted octanol–water partition coefficient (Wildman–Crippen LogP) is 7.59. The highest BCUT2D eigenvalue weighted by atomic mass is 32.2. The van der Waals surface area contributed by atoms with Crippen molar-refractivity contribution in [1.82, 2.24) is 10.6 Å². The fourth-order valence-corrected chi connectivity index (χ4v) is 6.34. The van der Waals surface area contributed by atoms with E-state index in [4.69, 9.17) is 9.47 Å². The molecule has 2 aromatic rings. The number of benzene rings is 2. The van der Waals surface area contributed by atoms with Gasteiger partial charge < -0.3 is 14.8 Å². The van der Waals surface area contributed by atoms with Gasteiger partial charge >= 0.3 is 0 Å². The average Bonchev–Trinajstić information content (AvgIpc) is 3.28. The summed E-state index contributed by atoms with van der Waals surface area (Å²) in [5, 5.41) is 5.49. The Morgan fingerprint density at radius 1 is 1.00 bits per heavy atom. The molecule has 0 bridgehead atoms. The van der Waals surface area contributed by atoms with E-state index >= 15 is 0 Å². The Bertz CT molecular complexity index is 1270. The van der Waals surface area contributed by atoms with Crippen molar-refractivity contribution in [2.24, 2.45) is 0 Å². The van der Waals surface area contributed by atoms with Crippen LogP contribution in [0.3, 0.4) is 0 Å². The Hall–Kier alpha value is -2.77. The second-order valence-corrected chi connectivity index (χ2v) is 12.7. The molecule has 2 heterocycles. The normalized spacial score (nSPS) is 19.3. The number of carbonyl (C=O) groups is 2. The average molecular weight is 579 g/mol. The minimum Gasteiger partial charge on any atom is -0.489 e. The molecule has 0 aromatic heterocycles. The molecule has 0 saturated carbocycles. The minimum atomic E-state index is -0.414. The smallest absolute Gasteiger partial charge is 0.290 e. The molecule has 0 spiro atoms. The van der Waals surface area contributed by atoms with Gasteiger partial charge in [0.05, 0.1) is 4.91 Å². The van der Waals surface area contributed by atoms with E-state index in [1.807, 2.05) is 24.3 Å². The molecule has 2 aromatic carbocycles. The van der Waals surface area contributed by atoms with Crippen molar-refractivity contribution in [1.29, 1.82) is 0 Å². The zero-order chi connectivity index (χ0) is 29.4. The van der Waals surface area contributed by atoms with E-state index in [9.17, 15) is 9.59 Å². The molecule has 2 amide bonds. The van der Waals surface area contributed by atoms with Crippen LogP contribution in [0.2, 0.25) is 0 Å². The third-order valence-corrected chi connectivity index (χ3v) is 9.20. The number of carbonyl (C=O) groups excluding carboxylic acids is 2. The van der Waals surface area contributed by atoms with Crippen molar-refractivity contribution < 1.29 is 19.1 Å². The predicted molar refractivity (Wildman–Crippen MR) is 169 cm³/mol. The standard InChI is InChI=1S/C34H46N2O4S/c1-6-7-19-35-20-11-9-8-10-12-28-23(2)24(3)31-29(25(28)4)17-18-34(5,40-31)22-39-27-15-13-26(14-16-27)21-30-32(37)36-33(38)41-30/h13-16,21,35H,6-12,17-20,22H2,1-5H3,(H,36,37,38). The Kier molecular flexibility index (Phi) is 11.0. The van der Waals surface area contributed by atoms with Crippen molar-refractivity contribution in [2.45, 2.75) is 98.0 Å². The highest BCUT2D eigenvalue weighted by molar-refractivity contribution is 8.18. The number of unbranched alkanes of at least 4 members (excludes halogenated alkanes) is 4. The van der Waals surface area contributed by atoms with Crippen molar-refractivity contribution in [3.8, 4) is 11.5 Å². The fraction of sp³-hybridized carbons (Fsp3) is 0.529. The number of nitrogens with one attached hydrogen (secondary N) is 2. The van der Waals surface area contributed by atoms with Gasteiger partial charge in [0.25, 0.3) is 11.1 Å². The summed E-state index contributed by atoms with van der Waals surface area (Å²) in [5.41, 5.74) is 7.35. The topological polar surface area (TPSA) is 76.7 Å². The van der Waals surface area contributed by atoms with Crippen molar-refractivity contribution in [3.05, 3.63) is 62.6 Å². The molecule has 2 aliphatic rings. The zero-order valence-electron chi connectivity index (χ0n) is 25.4. The largest absolute Gasteiger partial charge is 0.489 e. The van der Waals surface area contributed by atoms with Crippen LogP contribution in [-0.4, -0.2) is 36.4 Å². The van der Waals surface area contributed by atoms with Crippen LogP contribution in [0.15, 0.2) is 29.2 Å². The molecule has 0 aliphatic carbocycles. The van der Waals surface area contributed by atoms with Crippen LogP contribution in [0.1, 0.15) is 92.2 Å². The molecular formula is C34H46N2O4S. The van der Waals surface area contributed by atoms with Gasteiger partial charge in [0, 0.05) is 0 Å². The van der Waals surface area contributed by atoms with E-state index in [0.717, 1.165) is 61.2 Å². The zero-order valence-corrected chi connectivity index (χ0v) is 26.2. The monoisotopic (exact) mass is 578 g/mol. The van der Waals surface area contributed by atoms with Crippen LogP contribution >= 0.6 is 11.8 Å². The van der Waals surface area contributed by atoms with Gasteiger partial charge in [-0.2, -0.15) is 0 Å². The first kappa shape index (κ1) is 31.2. The molecule has 4 rings (SSSR count). The number of rotatable bonds is 14. The maximum atomic E-state index is 11.8. The van der Waals surface area contributed by atoms with Gasteiger partial charge in [-0.15, -0.1) is 0 Å². The highest BCUT2D eigenvalue weighted by Gasteiger charge is 2.35. The van der Waals surface area contributed by atoms with Crippen LogP contribution in [0.5, 0.6) is 11.5 Å². The molecular weight excluding hydrogens is 532 g/mol. The van der Waals surface area contributed by atoms with E-state index in [1.54, 1.807) is 6.08 Å². The Morgan fingerprint density at radius 2 is 1.73 bits per heavy atom. The lowest BCUT2D eigenvalue weighted by molar-refractivity contribution is -0.115. The molecule has 1 saturated heterocycles. The third kappa shape index (κ3) is 8.16. The Labute approximate surface area is 250 Å². The number of ether oxygens (including phenoxy) is 2. The summed E-state index contributed by atoms with van der Waals surface area (Å²) in [6.45, 7) is 13.8. The SMILES string of the molecule is CCCCNCCCCCCc1c(C)c(C)c2c(c1C)CCC(C)(COc1ccc(C=C3SC(=O)NC3=O)cc1)O2. The molecule has 1 unspecified atom stereocenters. The van der Waals surface area contributed by atoms with Gasteiger partial charge in [0.15, 0.2) is 0 Å². The van der Waals surface area contributed by atoms with Crippen LogP contribution in [-0.2, 0) is 17.6 Å². The van der Waals surface area contributed by atoms with Gasteiger partial charge in [0.1, 0.15) is 23.7 Å². The Morgan fingerprint density at radius 3 is 2.44 bits per heavy atom. The molecule has 0 radical (unpaired) electrons. The number of imide groups is 1. The van der Waals surface area contributed by atoms with E-state index in [-0.39, 0.29) is 11.1 Å². The Balaban J connectivity index is 1.31. The number of hydrogen-bond donors (Lipinski definition) is 2. The molecule has 7 heteroatoms. The molecule has 1 atom stereocenters. The number of hydrogen-bond acceptors (Lipinski definition) is 6. The first-order chi connectivity index (χ1) is 19.7. The molecule has 222 valence electrons. The van der Waals surface area contributed by atoms with E-state index < -0.39 is 5.60 Å². The van der Waals surface area contributed by atoms with Gasteiger partial charge in [-0.1, -0.05) is 38.3 Å². The van der Waals surface area contributed by atoms with Crippen molar-refractivity contribution in [2.75, 3.05) is 19.7 Å². The molecule has 2 aliphatic heterocycles. The fourth-order valence-electron chi connectivity index (χ4n) is 5.66. The maximum absolute atomic E-state index is 11.8. The molecule has 6 nitrogen and oxygen atoms in total. The summed E-state index contributed by atoms with van der Waals surface area (Å²) in [7, 11) is 0. The third-order valence-electron chi connectivity index (χ3n) is 8.39. The van der Waals surface area contributed by atoms with Gasteiger partial charge in [-0.05, 0) is 143 Å². The second-order valence-electron chi connectivity index (χ2n) is 11.7. The van der Waals surface area contributed by atoms with E-state index in [1.165, 1.54) is 66.3 Å². The summed E-state index contributed by atoms with van der Waals surface area (Å²) in [6, 6.07) is 7.56. The van der Waals surface area contributed by atoms with Gasteiger partial charge in [-0.3, -0.25) is 14.9 Å². The summed E-state index contributed by atoms with van der Waals surface area (Å²) >= 11 is 0.920. The first-order valence-corrected chi connectivity index (χ1v) is 16.0. The summed E-state index contributed by atoms with van der Waals surface area (Å²) in [6.07, 6.45) is 12.3. The van der Waals surface area contributed by atoms with Crippen molar-refractivity contribution in [3.63, 3.8) is 0 Å². The number of thioether (sulfide) groups is 1. The van der Waals surface area contributed by atoms with Gasteiger partial charge in [0.2, 0.25) is 0 Å².